The maximum Gasteiger partial charge on any atom is 0.132 e. The summed E-state index contributed by atoms with van der Waals surface area (Å²) in [6, 6.07) is 8.94. The van der Waals surface area contributed by atoms with Gasteiger partial charge in [-0.3, -0.25) is 5.01 Å². The zero-order valence-electron chi connectivity index (χ0n) is 12.7. The Hall–Kier alpha value is -2.24. The van der Waals surface area contributed by atoms with Crippen molar-refractivity contribution in [1.82, 2.24) is 20.0 Å². The Labute approximate surface area is 133 Å². The normalized spacial score (nSPS) is 39.6. The molecule has 1 aromatic carbocycles. The smallest absolute Gasteiger partial charge is 0.132 e. The molecule has 6 heteroatoms. The fourth-order valence-corrected chi connectivity index (χ4v) is 5.54. The molecule has 0 amide bonds. The van der Waals surface area contributed by atoms with Crippen molar-refractivity contribution in [3.8, 4) is 0 Å². The Balaban J connectivity index is 1.32. The number of nitrogens with zero attached hydrogens (tertiary/aromatic N) is 6. The summed E-state index contributed by atoms with van der Waals surface area (Å²) in [5.41, 5.74) is 2.00. The highest BCUT2D eigenvalue weighted by molar-refractivity contribution is 5.73. The lowest BCUT2D eigenvalue weighted by Gasteiger charge is -2.35. The number of hydrogen-bond donors (Lipinski definition) is 0. The quantitative estimate of drug-likeness (QED) is 0.801. The molecule has 0 radical (unpaired) electrons. The molecule has 6 atom stereocenters. The number of benzene rings is 1. The number of para-hydroxylation sites is 1. The van der Waals surface area contributed by atoms with Crippen LogP contribution in [0.3, 0.4) is 0 Å². The van der Waals surface area contributed by atoms with Gasteiger partial charge in [-0.1, -0.05) is 34.7 Å². The second-order valence-corrected chi connectivity index (χ2v) is 7.31. The van der Waals surface area contributed by atoms with E-state index in [0.717, 1.165) is 28.8 Å². The molecule has 6 nitrogen and oxygen atoms in total. The predicted octanol–water partition coefficient (Wildman–Crippen LogP) is 2.65. The Morgan fingerprint density at radius 3 is 3.09 bits per heavy atom. The highest BCUT2D eigenvalue weighted by Gasteiger charge is 2.61. The van der Waals surface area contributed by atoms with Crippen molar-refractivity contribution in [3.63, 3.8) is 0 Å². The molecule has 1 aromatic heterocycles. The molecule has 23 heavy (non-hydrogen) atoms. The van der Waals surface area contributed by atoms with Gasteiger partial charge in [0.2, 0.25) is 0 Å². The van der Waals surface area contributed by atoms with Crippen molar-refractivity contribution in [2.75, 3.05) is 0 Å². The summed E-state index contributed by atoms with van der Waals surface area (Å²) < 4.78 is 1.95. The zero-order valence-corrected chi connectivity index (χ0v) is 12.7. The van der Waals surface area contributed by atoms with Crippen LogP contribution in [0.15, 0.2) is 46.8 Å². The lowest BCUT2D eigenvalue weighted by atomic mass is 9.76. The largest absolute Gasteiger partial charge is 0.252 e. The minimum atomic E-state index is 0.399. The van der Waals surface area contributed by atoms with Crippen molar-refractivity contribution in [1.29, 1.82) is 0 Å². The molecule has 2 saturated carbocycles. The standard InChI is InChI=1S/C17H18N6/c1-2-7-15-14(6-1)18-20-22(15)9-23-17-13-8-12(16(17)19-21-23)10-4-3-5-11(10)13/h1-3,5-7,10-13,16-17H,4,8-9H2/t10-,11+,12?,13?,16?,17?/m0/s1. The van der Waals surface area contributed by atoms with Gasteiger partial charge in [0.1, 0.15) is 12.2 Å². The maximum absolute atomic E-state index is 4.64. The van der Waals surface area contributed by atoms with Crippen LogP contribution in [0, 0.1) is 23.7 Å². The molecule has 2 bridgehead atoms. The highest BCUT2D eigenvalue weighted by Crippen LogP contribution is 2.60. The van der Waals surface area contributed by atoms with Gasteiger partial charge in [0.05, 0.1) is 17.6 Å². The van der Waals surface area contributed by atoms with Crippen molar-refractivity contribution in [2.24, 2.45) is 34.0 Å². The minimum absolute atomic E-state index is 0.399. The number of aromatic nitrogens is 3. The predicted molar refractivity (Wildman–Crippen MR) is 84.1 cm³/mol. The van der Waals surface area contributed by atoms with Crippen molar-refractivity contribution in [3.05, 3.63) is 36.4 Å². The summed E-state index contributed by atoms with van der Waals surface area (Å²) in [6.45, 7) is 0.648. The number of hydrogen-bond acceptors (Lipinski definition) is 5. The van der Waals surface area contributed by atoms with Crippen molar-refractivity contribution >= 4 is 11.0 Å². The van der Waals surface area contributed by atoms with Crippen LogP contribution in [0.25, 0.3) is 11.0 Å². The fraction of sp³-hybridized carbons (Fsp3) is 0.529. The molecule has 0 spiro atoms. The molecule has 116 valence electrons. The SMILES string of the molecule is C1=C[C@H]2C3CC(C4N=NN(Cn5nnc6ccccc65)C43)[C@H]2C1. The molecule has 1 aliphatic heterocycles. The average Bonchev–Trinajstić information content (AvgIpc) is 3.34. The van der Waals surface area contributed by atoms with Gasteiger partial charge < -0.3 is 0 Å². The van der Waals surface area contributed by atoms with Crippen LogP contribution < -0.4 is 0 Å². The molecule has 2 fully saturated rings. The van der Waals surface area contributed by atoms with Crippen LogP contribution in [-0.4, -0.2) is 32.1 Å². The third kappa shape index (κ3) is 1.49. The molecule has 4 aliphatic rings. The van der Waals surface area contributed by atoms with Gasteiger partial charge in [0, 0.05) is 0 Å². The van der Waals surface area contributed by atoms with E-state index in [-0.39, 0.29) is 0 Å². The lowest BCUT2D eigenvalue weighted by Crippen LogP contribution is -2.45. The maximum atomic E-state index is 4.64. The summed E-state index contributed by atoms with van der Waals surface area (Å²) >= 11 is 0. The van der Waals surface area contributed by atoms with E-state index in [1.165, 1.54) is 12.8 Å². The Morgan fingerprint density at radius 1 is 1.13 bits per heavy atom. The van der Waals surface area contributed by atoms with Crippen LogP contribution in [0.1, 0.15) is 12.8 Å². The molecule has 0 saturated heterocycles. The number of rotatable bonds is 2. The topological polar surface area (TPSA) is 58.7 Å². The summed E-state index contributed by atoms with van der Waals surface area (Å²) in [5.74, 6) is 3.01. The first-order valence-corrected chi connectivity index (χ1v) is 8.52. The van der Waals surface area contributed by atoms with E-state index >= 15 is 0 Å². The van der Waals surface area contributed by atoms with Gasteiger partial charge in [-0.15, -0.1) is 5.10 Å². The molecule has 0 N–H and O–H groups in total. The van der Waals surface area contributed by atoms with E-state index < -0.39 is 0 Å². The fourth-order valence-electron chi connectivity index (χ4n) is 5.54. The molecule has 6 rings (SSSR count). The first-order valence-electron chi connectivity index (χ1n) is 8.52. The monoisotopic (exact) mass is 306 g/mol. The Kier molecular flexibility index (Phi) is 2.22. The van der Waals surface area contributed by atoms with Crippen LogP contribution in [0.5, 0.6) is 0 Å². The van der Waals surface area contributed by atoms with E-state index in [0.29, 0.717) is 24.7 Å². The van der Waals surface area contributed by atoms with Gasteiger partial charge >= 0.3 is 0 Å². The van der Waals surface area contributed by atoms with E-state index in [1.807, 2.05) is 22.9 Å². The molecule has 4 unspecified atom stereocenters. The summed E-state index contributed by atoms with van der Waals surface area (Å²) in [7, 11) is 0. The van der Waals surface area contributed by atoms with Crippen LogP contribution >= 0.6 is 0 Å². The third-order valence-corrected chi connectivity index (χ3v) is 6.42. The van der Waals surface area contributed by atoms with Crippen LogP contribution in [0.2, 0.25) is 0 Å². The molecule has 2 aromatic rings. The van der Waals surface area contributed by atoms with Crippen LogP contribution in [-0.2, 0) is 6.67 Å². The summed E-state index contributed by atoms with van der Waals surface area (Å²) in [4.78, 5) is 0. The zero-order chi connectivity index (χ0) is 15.0. The van der Waals surface area contributed by atoms with E-state index in [4.69, 9.17) is 0 Å². The van der Waals surface area contributed by atoms with E-state index in [2.05, 4.69) is 43.9 Å². The second kappa shape index (κ2) is 4.19. The Bertz CT molecular complexity index is 838. The Morgan fingerprint density at radius 2 is 2.09 bits per heavy atom. The third-order valence-electron chi connectivity index (χ3n) is 6.42. The molecule has 3 aliphatic carbocycles. The average molecular weight is 306 g/mol. The minimum Gasteiger partial charge on any atom is -0.252 e. The van der Waals surface area contributed by atoms with Gasteiger partial charge in [0.15, 0.2) is 0 Å². The summed E-state index contributed by atoms with van der Waals surface area (Å²) in [6.07, 6.45) is 7.40. The van der Waals surface area contributed by atoms with Gasteiger partial charge in [-0.25, -0.2) is 4.68 Å². The van der Waals surface area contributed by atoms with Gasteiger partial charge in [-0.2, -0.15) is 5.11 Å². The first kappa shape index (κ1) is 12.2. The lowest BCUT2D eigenvalue weighted by molar-refractivity contribution is 0.0948. The number of fused-ring (bicyclic) bond motifs is 9. The molecule has 2 heterocycles. The highest BCUT2D eigenvalue weighted by atomic mass is 15.7. The van der Waals surface area contributed by atoms with Crippen LogP contribution in [0.4, 0.5) is 0 Å². The molecular formula is C17H18N6. The number of allylic oxidation sites excluding steroid dienone is 2. The van der Waals surface area contributed by atoms with Crippen molar-refractivity contribution < 1.29 is 0 Å². The molecular weight excluding hydrogens is 288 g/mol. The van der Waals surface area contributed by atoms with Crippen molar-refractivity contribution in [2.45, 2.75) is 31.6 Å². The van der Waals surface area contributed by atoms with E-state index in [9.17, 15) is 0 Å². The summed E-state index contributed by atoms with van der Waals surface area (Å²) in [5, 5.41) is 19.9. The van der Waals surface area contributed by atoms with Gasteiger partial charge in [0.25, 0.3) is 0 Å². The first-order chi connectivity index (χ1) is 11.4. The van der Waals surface area contributed by atoms with Gasteiger partial charge in [-0.05, 0) is 48.6 Å². The second-order valence-electron chi connectivity index (χ2n) is 7.31. The van der Waals surface area contributed by atoms with E-state index in [1.54, 1.807) is 0 Å².